The van der Waals surface area contributed by atoms with Crippen LogP contribution in [0.25, 0.3) is 0 Å². The van der Waals surface area contributed by atoms with Crippen molar-refractivity contribution in [1.82, 2.24) is 10.0 Å². The van der Waals surface area contributed by atoms with E-state index in [2.05, 4.69) is 5.43 Å². The van der Waals surface area contributed by atoms with Crippen LogP contribution >= 0.6 is 11.6 Å². The third kappa shape index (κ3) is 6.92. The number of nitrogens with zero attached hydrogens (tertiary/aromatic N) is 1. The van der Waals surface area contributed by atoms with Gasteiger partial charge in [-0.3, -0.25) is 9.59 Å². The first-order chi connectivity index (χ1) is 19.2. The molecule has 224 valence electrons. The summed E-state index contributed by atoms with van der Waals surface area (Å²) in [5.41, 5.74) is 4.77. The predicted octanol–water partition coefficient (Wildman–Crippen LogP) is 5.26. The van der Waals surface area contributed by atoms with Crippen LogP contribution in [0.2, 0.25) is 5.02 Å². The lowest BCUT2D eigenvalue weighted by atomic mass is 9.85. The first-order valence-corrected chi connectivity index (χ1v) is 14.0. The van der Waals surface area contributed by atoms with Crippen molar-refractivity contribution in [2.24, 2.45) is 17.3 Å². The number of amides is 1. The number of methoxy groups -OCH3 is 3. The second-order valence-electron chi connectivity index (χ2n) is 11.9. The minimum atomic E-state index is -1.11. The molecule has 1 amide bonds. The van der Waals surface area contributed by atoms with E-state index in [1.54, 1.807) is 44.6 Å². The minimum absolute atomic E-state index is 0.187. The standard InChI is InChI=1S/C31H42ClN2O7/c1-18(2)27(19(3)35)28(30(37)40-9)33-34(17-31(4,5)6)24-13-10-20(32)14-23(24)29(41-16-26(34)36)22-12-11-21(38-7)15-25(22)39-8/h10-15,18,27-29,33H,16-17H2,1-9H3/q+1/t27-,28+,29+,34?/m1/s1. The predicted molar refractivity (Wildman–Crippen MR) is 158 cm³/mol. The molecule has 0 aliphatic carbocycles. The highest BCUT2D eigenvalue weighted by Crippen LogP contribution is 2.45. The summed E-state index contributed by atoms with van der Waals surface area (Å²) in [6, 6.07) is 9.50. The summed E-state index contributed by atoms with van der Waals surface area (Å²) in [5.74, 6) is -0.995. The van der Waals surface area contributed by atoms with E-state index in [4.69, 9.17) is 30.5 Å². The number of Topliss-reactive ketones (excluding diaryl/α,β-unsaturated/α-hetero) is 1. The topological polar surface area (TPSA) is 100 Å². The fourth-order valence-electron chi connectivity index (χ4n) is 5.67. The van der Waals surface area contributed by atoms with Crippen LogP contribution in [0.1, 0.15) is 58.8 Å². The molecular weight excluding hydrogens is 548 g/mol. The quantitative estimate of drug-likeness (QED) is 0.296. The number of nitrogens with one attached hydrogen (secondary N) is 1. The van der Waals surface area contributed by atoms with Gasteiger partial charge < -0.3 is 18.9 Å². The highest BCUT2D eigenvalue weighted by Gasteiger charge is 2.52. The van der Waals surface area contributed by atoms with Crippen molar-refractivity contribution in [3.8, 4) is 11.5 Å². The Morgan fingerprint density at radius 1 is 1.07 bits per heavy atom. The molecule has 2 aromatic rings. The third-order valence-corrected chi connectivity index (χ3v) is 7.51. The molecule has 0 aromatic heterocycles. The van der Waals surface area contributed by atoms with Gasteiger partial charge in [0.1, 0.15) is 29.9 Å². The van der Waals surface area contributed by atoms with E-state index in [1.165, 1.54) is 14.0 Å². The number of rotatable bonds is 10. The molecule has 1 heterocycles. The highest BCUT2D eigenvalue weighted by molar-refractivity contribution is 6.30. The summed E-state index contributed by atoms with van der Waals surface area (Å²) in [6.45, 7) is 11.1. The molecular formula is C31H42ClN2O7+. The minimum Gasteiger partial charge on any atom is -0.497 e. The third-order valence-electron chi connectivity index (χ3n) is 7.28. The number of hydrogen-bond acceptors (Lipinski definition) is 8. The number of quaternary nitrogens is 1. The number of halogens is 1. The summed E-state index contributed by atoms with van der Waals surface area (Å²) in [7, 11) is 4.39. The lowest BCUT2D eigenvalue weighted by Gasteiger charge is -2.42. The molecule has 1 aliphatic heterocycles. The number of ether oxygens (including phenoxy) is 4. The number of fused-ring (bicyclic) bond motifs is 1. The number of carbonyl (C=O) groups excluding carboxylic acids is 3. The number of hydrogen-bond donors (Lipinski definition) is 1. The fourth-order valence-corrected chi connectivity index (χ4v) is 5.85. The largest absolute Gasteiger partial charge is 0.497 e. The molecule has 41 heavy (non-hydrogen) atoms. The van der Waals surface area contributed by atoms with Gasteiger partial charge in [-0.25, -0.2) is 4.79 Å². The molecule has 10 heteroatoms. The van der Waals surface area contributed by atoms with Gasteiger partial charge in [0.05, 0.1) is 32.8 Å². The monoisotopic (exact) mass is 589 g/mol. The molecule has 1 unspecified atom stereocenters. The number of benzene rings is 2. The maximum absolute atomic E-state index is 14.4. The smallest absolute Gasteiger partial charge is 0.363 e. The second kappa shape index (κ2) is 12.9. The van der Waals surface area contributed by atoms with Crippen LogP contribution in [0.5, 0.6) is 11.5 Å². The summed E-state index contributed by atoms with van der Waals surface area (Å²) < 4.78 is 22.1. The average Bonchev–Trinajstić information content (AvgIpc) is 3.00. The van der Waals surface area contributed by atoms with Gasteiger partial charge >= 0.3 is 11.9 Å². The van der Waals surface area contributed by atoms with Crippen LogP contribution in [-0.2, 0) is 23.9 Å². The van der Waals surface area contributed by atoms with Crippen LogP contribution < -0.4 is 19.5 Å². The van der Waals surface area contributed by atoms with Crippen molar-refractivity contribution in [1.29, 1.82) is 0 Å². The average molecular weight is 590 g/mol. The Balaban J connectivity index is 2.36. The van der Waals surface area contributed by atoms with Gasteiger partial charge in [0, 0.05) is 28.1 Å². The molecule has 0 saturated carbocycles. The molecule has 4 atom stereocenters. The van der Waals surface area contributed by atoms with Gasteiger partial charge in [0.2, 0.25) is 0 Å². The number of carbonyl (C=O) groups is 3. The maximum atomic E-state index is 14.4. The van der Waals surface area contributed by atoms with Crippen molar-refractivity contribution >= 4 is 34.9 Å². The van der Waals surface area contributed by atoms with E-state index in [9.17, 15) is 14.4 Å². The molecule has 3 rings (SSSR count). The molecule has 0 fully saturated rings. The Morgan fingerprint density at radius 2 is 1.76 bits per heavy atom. The van der Waals surface area contributed by atoms with E-state index in [1.807, 2.05) is 40.7 Å². The highest BCUT2D eigenvalue weighted by atomic mass is 35.5. The Hall–Kier alpha value is -2.98. The lowest BCUT2D eigenvalue weighted by molar-refractivity contribution is -0.153. The zero-order valence-electron chi connectivity index (χ0n) is 25.4. The van der Waals surface area contributed by atoms with Crippen molar-refractivity contribution in [2.45, 2.75) is 53.7 Å². The second-order valence-corrected chi connectivity index (χ2v) is 12.4. The van der Waals surface area contributed by atoms with Crippen molar-refractivity contribution in [2.75, 3.05) is 34.5 Å². The Kier molecular flexibility index (Phi) is 10.2. The molecule has 0 spiro atoms. The molecule has 9 nitrogen and oxygen atoms in total. The Morgan fingerprint density at radius 3 is 2.29 bits per heavy atom. The molecule has 1 N–H and O–H groups in total. The maximum Gasteiger partial charge on any atom is 0.363 e. The van der Waals surface area contributed by atoms with Crippen LogP contribution in [-0.4, -0.2) is 58.2 Å². The van der Waals surface area contributed by atoms with E-state index in [0.717, 1.165) is 0 Å². The first-order valence-electron chi connectivity index (χ1n) is 13.6. The zero-order valence-corrected chi connectivity index (χ0v) is 26.1. The van der Waals surface area contributed by atoms with Crippen LogP contribution in [0.15, 0.2) is 36.4 Å². The van der Waals surface area contributed by atoms with Crippen molar-refractivity contribution < 1.29 is 33.3 Å². The first kappa shape index (κ1) is 32.5. The zero-order chi connectivity index (χ0) is 30.7. The van der Waals surface area contributed by atoms with Crippen molar-refractivity contribution in [3.63, 3.8) is 0 Å². The summed E-state index contributed by atoms with van der Waals surface area (Å²) >= 11 is 6.54. The van der Waals surface area contributed by atoms with Crippen LogP contribution in [0, 0.1) is 17.3 Å². The van der Waals surface area contributed by atoms with Gasteiger partial charge in [0.15, 0.2) is 18.3 Å². The van der Waals surface area contributed by atoms with Gasteiger partial charge in [-0.1, -0.05) is 46.2 Å². The Bertz CT molecular complexity index is 1290. The van der Waals surface area contributed by atoms with E-state index in [0.29, 0.717) is 33.3 Å². The number of ketones is 1. The van der Waals surface area contributed by atoms with Crippen LogP contribution in [0.4, 0.5) is 5.69 Å². The van der Waals surface area contributed by atoms with E-state index in [-0.39, 0.29) is 30.8 Å². The van der Waals surface area contributed by atoms with Gasteiger partial charge in [0.25, 0.3) is 0 Å². The van der Waals surface area contributed by atoms with Gasteiger partial charge in [-0.05, 0) is 37.1 Å². The van der Waals surface area contributed by atoms with Gasteiger partial charge in [-0.2, -0.15) is 0 Å². The van der Waals surface area contributed by atoms with E-state index < -0.39 is 34.0 Å². The summed E-state index contributed by atoms with van der Waals surface area (Å²) in [5, 5.41) is 0.446. The molecule has 1 aliphatic rings. The van der Waals surface area contributed by atoms with Gasteiger partial charge in [-0.15, -0.1) is 10.0 Å². The van der Waals surface area contributed by atoms with Crippen LogP contribution in [0.3, 0.4) is 0 Å². The fraction of sp³-hybridized carbons (Fsp3) is 0.516. The molecule has 0 radical (unpaired) electrons. The Labute approximate surface area is 247 Å². The summed E-state index contributed by atoms with van der Waals surface area (Å²) in [4.78, 5) is 40.5. The lowest BCUT2D eigenvalue weighted by Crippen LogP contribution is -2.72. The molecule has 2 aromatic carbocycles. The SMILES string of the molecule is COC(=O)[C@@H](N[N+]1(CC(C)(C)C)C(=O)CO[C@@H](c2ccc(OC)cc2OC)c2cc(Cl)ccc21)[C@@H](C(C)=O)C(C)C. The normalized spacial score (nSPS) is 20.6. The van der Waals surface area contributed by atoms with E-state index >= 15 is 0 Å². The number of esters is 1. The molecule has 0 saturated heterocycles. The summed E-state index contributed by atoms with van der Waals surface area (Å²) in [6.07, 6.45) is -0.736. The van der Waals surface area contributed by atoms with Crippen molar-refractivity contribution in [3.05, 3.63) is 52.5 Å². The molecule has 0 bridgehead atoms.